The van der Waals surface area contributed by atoms with E-state index < -0.39 is 0 Å². The Labute approximate surface area is 105 Å². The minimum absolute atomic E-state index is 0. The summed E-state index contributed by atoms with van der Waals surface area (Å²) >= 11 is 0. The number of piperidine rings is 1. The number of hydrogen-bond acceptors (Lipinski definition) is 1. The summed E-state index contributed by atoms with van der Waals surface area (Å²) in [5.74, 6) is 0.833. The fourth-order valence-electron chi connectivity index (χ4n) is 0.678. The van der Waals surface area contributed by atoms with E-state index in [1.165, 1.54) is 19.4 Å². The third-order valence-electron chi connectivity index (χ3n) is 1.05. The molecule has 0 aromatic rings. The molecule has 0 atom stereocenters. The molecule has 1 rings (SSSR count). The quantitative estimate of drug-likeness (QED) is 0.489. The zero-order valence-electron chi connectivity index (χ0n) is 8.24. The van der Waals surface area contributed by atoms with Crippen molar-refractivity contribution in [3.8, 4) is 0 Å². The third-order valence-corrected chi connectivity index (χ3v) is 1.05. The summed E-state index contributed by atoms with van der Waals surface area (Å²) in [5, 5.41) is 3.23. The SMILES string of the molecule is CC(C)C.[CH-]1CCCNC1.[Re].[Re]. The van der Waals surface area contributed by atoms with E-state index in [2.05, 4.69) is 32.5 Å². The predicted molar refractivity (Wildman–Crippen MR) is 46.9 cm³/mol. The van der Waals surface area contributed by atoms with Gasteiger partial charge in [0.2, 0.25) is 0 Å². The van der Waals surface area contributed by atoms with Crippen LogP contribution in [0.2, 0.25) is 0 Å². The standard InChI is InChI=1S/C5H10N.C4H10.2Re/c1-2-4-6-5-3-1;1-4(2)3;;/h2,6H,1,3-5H2;4H,1-3H3;;/q-1;;;. The minimum atomic E-state index is 0. The first-order valence-electron chi connectivity index (χ1n) is 4.26. The van der Waals surface area contributed by atoms with Crippen LogP contribution in [0.15, 0.2) is 0 Å². The van der Waals surface area contributed by atoms with Gasteiger partial charge in [-0.25, -0.2) is 0 Å². The molecule has 1 aliphatic rings. The Bertz CT molecular complexity index is 49.3. The van der Waals surface area contributed by atoms with Gasteiger partial charge in [0.15, 0.2) is 0 Å². The van der Waals surface area contributed by atoms with Crippen LogP contribution in [0.3, 0.4) is 0 Å². The molecule has 2 radical (unpaired) electrons. The second-order valence-corrected chi connectivity index (χ2v) is 3.37. The monoisotopic (exact) mass is 516 g/mol. The van der Waals surface area contributed by atoms with Gasteiger partial charge in [-0.1, -0.05) is 27.2 Å². The van der Waals surface area contributed by atoms with Gasteiger partial charge in [0.1, 0.15) is 0 Å². The zero-order valence-corrected chi connectivity index (χ0v) is 13.7. The average molecular weight is 515 g/mol. The van der Waals surface area contributed by atoms with Crippen LogP contribution in [0.1, 0.15) is 33.6 Å². The van der Waals surface area contributed by atoms with Gasteiger partial charge >= 0.3 is 0 Å². The summed E-state index contributed by atoms with van der Waals surface area (Å²) in [6.07, 6.45) is 4.93. The molecule has 0 amide bonds. The van der Waals surface area contributed by atoms with Crippen LogP contribution < -0.4 is 5.32 Å². The summed E-state index contributed by atoms with van der Waals surface area (Å²) in [6.45, 7) is 8.84. The van der Waals surface area contributed by atoms with Gasteiger partial charge in [-0.3, -0.25) is 0 Å². The summed E-state index contributed by atoms with van der Waals surface area (Å²) in [4.78, 5) is 0. The van der Waals surface area contributed by atoms with Crippen molar-refractivity contribution >= 4 is 0 Å². The van der Waals surface area contributed by atoms with Crippen molar-refractivity contribution in [2.24, 2.45) is 5.92 Å². The number of rotatable bonds is 0. The third kappa shape index (κ3) is 22.5. The first-order valence-corrected chi connectivity index (χ1v) is 4.26. The molecule has 0 unspecified atom stereocenters. The Kier molecular flexibility index (Phi) is 23.4. The molecule has 1 aliphatic heterocycles. The molecule has 1 heterocycles. The fraction of sp³-hybridized carbons (Fsp3) is 0.889. The molecule has 1 nitrogen and oxygen atoms in total. The molecule has 12 heavy (non-hydrogen) atoms. The summed E-state index contributed by atoms with van der Waals surface area (Å²) in [5.41, 5.74) is 0. The van der Waals surface area contributed by atoms with Crippen molar-refractivity contribution in [2.45, 2.75) is 33.6 Å². The Morgan fingerprint density at radius 1 is 1.17 bits per heavy atom. The first-order chi connectivity index (χ1) is 4.73. The van der Waals surface area contributed by atoms with Gasteiger partial charge in [0.05, 0.1) is 0 Å². The summed E-state index contributed by atoms with van der Waals surface area (Å²) in [7, 11) is 0. The second-order valence-electron chi connectivity index (χ2n) is 3.37. The summed E-state index contributed by atoms with van der Waals surface area (Å²) < 4.78 is 0. The molecular formula is C9H20NRe2-. The predicted octanol–water partition coefficient (Wildman–Crippen LogP) is 2.23. The molecule has 1 fully saturated rings. The topological polar surface area (TPSA) is 12.0 Å². The van der Waals surface area contributed by atoms with Crippen LogP contribution >= 0.6 is 0 Å². The van der Waals surface area contributed by atoms with Crippen molar-refractivity contribution in [1.29, 1.82) is 0 Å². The smallest absolute Gasteiger partial charge is 0 e. The van der Waals surface area contributed by atoms with Crippen LogP contribution in [-0.4, -0.2) is 13.1 Å². The normalized spacial score (nSPS) is 15.0. The van der Waals surface area contributed by atoms with Gasteiger partial charge in [0, 0.05) is 40.8 Å². The second kappa shape index (κ2) is 14.8. The zero-order chi connectivity index (χ0) is 7.82. The van der Waals surface area contributed by atoms with Gasteiger partial charge < -0.3 is 11.7 Å². The van der Waals surface area contributed by atoms with E-state index in [0.29, 0.717) is 0 Å². The maximum absolute atomic E-state index is 3.23. The Hall–Kier alpha value is 1.28. The first kappa shape index (κ1) is 19.0. The van der Waals surface area contributed by atoms with Crippen LogP contribution in [0.25, 0.3) is 0 Å². The molecule has 3 heteroatoms. The Morgan fingerprint density at radius 2 is 1.67 bits per heavy atom. The van der Waals surface area contributed by atoms with E-state index in [-0.39, 0.29) is 40.8 Å². The van der Waals surface area contributed by atoms with Gasteiger partial charge in [-0.15, -0.1) is 6.54 Å². The molecule has 0 aromatic carbocycles. The summed E-state index contributed by atoms with van der Waals surface area (Å²) in [6, 6.07) is 0. The van der Waals surface area contributed by atoms with E-state index in [1.54, 1.807) is 0 Å². The molecular weight excluding hydrogens is 495 g/mol. The van der Waals surface area contributed by atoms with E-state index in [4.69, 9.17) is 0 Å². The molecule has 0 saturated carbocycles. The molecule has 0 spiro atoms. The van der Waals surface area contributed by atoms with Gasteiger partial charge in [0.25, 0.3) is 0 Å². The van der Waals surface area contributed by atoms with Crippen molar-refractivity contribution in [3.63, 3.8) is 0 Å². The maximum atomic E-state index is 3.23. The molecule has 1 N–H and O–H groups in total. The average Bonchev–Trinajstić information content (AvgIpc) is 1.90. The molecule has 0 aromatic heterocycles. The van der Waals surface area contributed by atoms with E-state index in [9.17, 15) is 0 Å². The molecule has 0 bridgehead atoms. The van der Waals surface area contributed by atoms with E-state index in [1.807, 2.05) is 0 Å². The largest absolute Gasteiger partial charge is 0.346 e. The molecule has 1 saturated heterocycles. The van der Waals surface area contributed by atoms with Gasteiger partial charge in [-0.2, -0.15) is 6.42 Å². The van der Waals surface area contributed by atoms with E-state index in [0.717, 1.165) is 12.5 Å². The van der Waals surface area contributed by atoms with Crippen LogP contribution in [0, 0.1) is 12.3 Å². The Morgan fingerprint density at radius 3 is 1.75 bits per heavy atom. The fourth-order valence-corrected chi connectivity index (χ4v) is 0.678. The Balaban J connectivity index is -0.000000124. The minimum Gasteiger partial charge on any atom is -0.346 e. The van der Waals surface area contributed by atoms with E-state index >= 15 is 0 Å². The van der Waals surface area contributed by atoms with Crippen molar-refractivity contribution in [2.75, 3.05) is 13.1 Å². The number of nitrogens with one attached hydrogen (secondary N) is 1. The maximum Gasteiger partial charge on any atom is 0 e. The molecule has 0 aliphatic carbocycles. The van der Waals surface area contributed by atoms with Crippen molar-refractivity contribution in [3.05, 3.63) is 6.42 Å². The van der Waals surface area contributed by atoms with Crippen molar-refractivity contribution in [1.82, 2.24) is 5.32 Å². The van der Waals surface area contributed by atoms with Crippen LogP contribution in [0.4, 0.5) is 0 Å². The van der Waals surface area contributed by atoms with Gasteiger partial charge in [-0.05, 0) is 12.5 Å². The van der Waals surface area contributed by atoms with Crippen LogP contribution in [0.5, 0.6) is 0 Å². The van der Waals surface area contributed by atoms with Crippen LogP contribution in [-0.2, 0) is 40.8 Å². The van der Waals surface area contributed by atoms with Crippen molar-refractivity contribution < 1.29 is 40.8 Å². The number of hydrogen-bond donors (Lipinski definition) is 1. The molecule has 76 valence electrons.